The summed E-state index contributed by atoms with van der Waals surface area (Å²) in [4.78, 5) is 37.5. The van der Waals surface area contributed by atoms with E-state index in [1.807, 2.05) is 0 Å². The van der Waals surface area contributed by atoms with Gasteiger partial charge in [0.25, 0.3) is 0 Å². The van der Waals surface area contributed by atoms with Gasteiger partial charge in [0.05, 0.1) is 26.4 Å². The maximum Gasteiger partial charge on any atom is 0.411 e. The molecular formula is C19H20N2O6. The van der Waals surface area contributed by atoms with Crippen LogP contribution < -0.4 is 10.2 Å². The van der Waals surface area contributed by atoms with Crippen molar-refractivity contribution in [1.29, 1.82) is 0 Å². The van der Waals surface area contributed by atoms with E-state index in [2.05, 4.69) is 5.32 Å². The number of esters is 2. The molecule has 8 nitrogen and oxygen atoms in total. The van der Waals surface area contributed by atoms with Gasteiger partial charge in [0, 0.05) is 17.6 Å². The van der Waals surface area contributed by atoms with Gasteiger partial charge in [-0.15, -0.1) is 0 Å². The maximum absolute atomic E-state index is 12.3. The van der Waals surface area contributed by atoms with Crippen LogP contribution in [-0.4, -0.2) is 38.9 Å². The Hall–Kier alpha value is -3.55. The minimum atomic E-state index is -0.694. The number of anilines is 2. The van der Waals surface area contributed by atoms with E-state index in [-0.39, 0.29) is 17.9 Å². The highest BCUT2D eigenvalue weighted by Crippen LogP contribution is 2.27. The Labute approximate surface area is 156 Å². The van der Waals surface area contributed by atoms with Crippen LogP contribution in [0.3, 0.4) is 0 Å². The van der Waals surface area contributed by atoms with Gasteiger partial charge < -0.3 is 19.1 Å². The summed E-state index contributed by atoms with van der Waals surface area (Å²) in [5.74, 6) is -1.36. The van der Waals surface area contributed by atoms with Gasteiger partial charge in [0.1, 0.15) is 5.70 Å². The molecule has 8 heteroatoms. The Kier molecular flexibility index (Phi) is 6.76. The predicted octanol–water partition coefficient (Wildman–Crippen LogP) is 2.75. The van der Waals surface area contributed by atoms with E-state index in [4.69, 9.17) is 14.2 Å². The fraction of sp³-hybridized carbons (Fsp3) is 0.211. The summed E-state index contributed by atoms with van der Waals surface area (Å²) in [7, 11) is 2.46. The van der Waals surface area contributed by atoms with Gasteiger partial charge in [0.15, 0.2) is 0 Å². The van der Waals surface area contributed by atoms with Crippen molar-refractivity contribution in [1.82, 2.24) is 0 Å². The van der Waals surface area contributed by atoms with Crippen LogP contribution in [0.1, 0.15) is 6.92 Å². The lowest BCUT2D eigenvalue weighted by atomic mass is 10.1. The number of allylic oxidation sites excluding steroid dienone is 2. The average Bonchev–Trinajstić information content (AvgIpc) is 2.90. The van der Waals surface area contributed by atoms with E-state index in [0.29, 0.717) is 11.4 Å². The standard InChI is InChI=1S/C19H20N2O6/c1-4-27-19(24)20-13-8-10-14(11-9-13)21-12-6-5-7-15(17(22)25-2)16(21)18(23)26-3/h5-12H,4H2,1-3H3,(H,20,24). The number of rotatable bonds is 5. The molecule has 1 aromatic carbocycles. The van der Waals surface area contributed by atoms with Crippen molar-refractivity contribution in [2.24, 2.45) is 0 Å². The molecule has 1 N–H and O–H groups in total. The highest BCUT2D eigenvalue weighted by molar-refractivity contribution is 6.05. The number of amides is 1. The van der Waals surface area contributed by atoms with Crippen LogP contribution in [0.15, 0.2) is 60.0 Å². The molecule has 1 heterocycles. The van der Waals surface area contributed by atoms with Crippen molar-refractivity contribution in [3.05, 3.63) is 60.0 Å². The van der Waals surface area contributed by atoms with Crippen molar-refractivity contribution < 1.29 is 28.6 Å². The largest absolute Gasteiger partial charge is 0.465 e. The second kappa shape index (κ2) is 9.23. The molecule has 0 aromatic heterocycles. The van der Waals surface area contributed by atoms with Gasteiger partial charge in [-0.25, -0.2) is 14.4 Å². The molecule has 0 unspecified atom stereocenters. The van der Waals surface area contributed by atoms with Crippen LogP contribution in [-0.2, 0) is 23.8 Å². The lowest BCUT2D eigenvalue weighted by molar-refractivity contribution is -0.139. The number of nitrogens with one attached hydrogen (secondary N) is 1. The lowest BCUT2D eigenvalue weighted by Crippen LogP contribution is -2.27. The summed E-state index contributed by atoms with van der Waals surface area (Å²) in [5, 5.41) is 2.58. The first-order chi connectivity index (χ1) is 13.0. The summed E-state index contributed by atoms with van der Waals surface area (Å²) in [6.07, 6.45) is 5.82. The molecule has 0 bridgehead atoms. The predicted molar refractivity (Wildman–Crippen MR) is 98.9 cm³/mol. The quantitative estimate of drug-likeness (QED) is 0.627. The number of methoxy groups -OCH3 is 2. The molecule has 0 radical (unpaired) electrons. The molecule has 1 aliphatic rings. The molecule has 0 saturated heterocycles. The lowest BCUT2D eigenvalue weighted by Gasteiger charge is -2.23. The van der Waals surface area contributed by atoms with E-state index < -0.39 is 18.0 Å². The van der Waals surface area contributed by atoms with Crippen molar-refractivity contribution >= 4 is 29.4 Å². The van der Waals surface area contributed by atoms with Crippen LogP contribution in [0.4, 0.5) is 16.2 Å². The smallest absolute Gasteiger partial charge is 0.411 e. The molecule has 0 atom stereocenters. The van der Waals surface area contributed by atoms with Crippen molar-refractivity contribution in [2.45, 2.75) is 6.92 Å². The minimum Gasteiger partial charge on any atom is -0.465 e. The molecule has 142 valence electrons. The van der Waals surface area contributed by atoms with E-state index in [1.165, 1.54) is 25.2 Å². The number of hydrogen-bond acceptors (Lipinski definition) is 7. The first kappa shape index (κ1) is 19.8. The Bertz CT molecular complexity index is 808. The first-order valence-electron chi connectivity index (χ1n) is 8.10. The zero-order chi connectivity index (χ0) is 19.8. The molecular weight excluding hydrogens is 352 g/mol. The van der Waals surface area contributed by atoms with Crippen LogP contribution in [0, 0.1) is 0 Å². The topological polar surface area (TPSA) is 94.2 Å². The molecule has 1 amide bonds. The normalized spacial score (nSPS) is 13.1. The Morgan fingerprint density at radius 3 is 2.26 bits per heavy atom. The highest BCUT2D eigenvalue weighted by Gasteiger charge is 2.27. The van der Waals surface area contributed by atoms with Crippen LogP contribution in [0.5, 0.6) is 0 Å². The fourth-order valence-corrected chi connectivity index (χ4v) is 2.36. The maximum atomic E-state index is 12.3. The Morgan fingerprint density at radius 1 is 1.00 bits per heavy atom. The third-order valence-corrected chi connectivity index (χ3v) is 3.56. The third-order valence-electron chi connectivity index (χ3n) is 3.56. The number of hydrogen-bond donors (Lipinski definition) is 1. The molecule has 0 saturated carbocycles. The fourth-order valence-electron chi connectivity index (χ4n) is 2.36. The molecule has 0 fully saturated rings. The van der Waals surface area contributed by atoms with E-state index in [9.17, 15) is 14.4 Å². The molecule has 1 aromatic rings. The van der Waals surface area contributed by atoms with Gasteiger partial charge in [-0.2, -0.15) is 0 Å². The number of carbonyl (C=O) groups excluding carboxylic acids is 3. The SMILES string of the molecule is CCOC(=O)Nc1ccc(N2C=CC=CC(C(=O)OC)=C2C(=O)OC)cc1. The van der Waals surface area contributed by atoms with Gasteiger partial charge in [-0.3, -0.25) is 5.32 Å². The van der Waals surface area contributed by atoms with E-state index >= 15 is 0 Å². The summed E-state index contributed by atoms with van der Waals surface area (Å²) >= 11 is 0. The van der Waals surface area contributed by atoms with Crippen molar-refractivity contribution in [3.8, 4) is 0 Å². The van der Waals surface area contributed by atoms with Crippen LogP contribution in [0.25, 0.3) is 0 Å². The summed E-state index contributed by atoms with van der Waals surface area (Å²) in [6.45, 7) is 1.97. The zero-order valence-corrected chi connectivity index (χ0v) is 15.2. The summed E-state index contributed by atoms with van der Waals surface area (Å²) in [5.41, 5.74) is 1.17. The highest BCUT2D eigenvalue weighted by atomic mass is 16.5. The number of benzene rings is 1. The molecule has 0 spiro atoms. The molecule has 2 rings (SSSR count). The third kappa shape index (κ3) is 4.75. The van der Waals surface area contributed by atoms with Crippen LogP contribution in [0.2, 0.25) is 0 Å². The average molecular weight is 372 g/mol. The molecule has 0 aliphatic carbocycles. The van der Waals surface area contributed by atoms with Crippen LogP contribution >= 0.6 is 0 Å². The van der Waals surface area contributed by atoms with Crippen molar-refractivity contribution in [3.63, 3.8) is 0 Å². The van der Waals surface area contributed by atoms with E-state index in [0.717, 1.165) is 0 Å². The van der Waals surface area contributed by atoms with Gasteiger partial charge in [-0.1, -0.05) is 6.08 Å². The zero-order valence-electron chi connectivity index (χ0n) is 15.2. The second-order valence-corrected chi connectivity index (χ2v) is 5.21. The molecule has 1 aliphatic heterocycles. The first-order valence-corrected chi connectivity index (χ1v) is 8.10. The van der Waals surface area contributed by atoms with Crippen molar-refractivity contribution in [2.75, 3.05) is 31.0 Å². The second-order valence-electron chi connectivity index (χ2n) is 5.21. The molecule has 27 heavy (non-hydrogen) atoms. The Morgan fingerprint density at radius 2 is 1.67 bits per heavy atom. The Balaban J connectivity index is 2.40. The monoisotopic (exact) mass is 372 g/mol. The minimum absolute atomic E-state index is 0.0143. The van der Waals surface area contributed by atoms with Gasteiger partial charge in [-0.05, 0) is 43.3 Å². The van der Waals surface area contributed by atoms with Gasteiger partial charge in [0.2, 0.25) is 0 Å². The summed E-state index contributed by atoms with van der Waals surface area (Å²) in [6, 6.07) is 6.64. The van der Waals surface area contributed by atoms with E-state index in [1.54, 1.807) is 49.5 Å². The number of ether oxygens (including phenoxy) is 3. The number of nitrogens with zero attached hydrogens (tertiary/aromatic N) is 1. The summed E-state index contributed by atoms with van der Waals surface area (Å²) < 4.78 is 14.4. The number of carbonyl (C=O) groups is 3. The van der Waals surface area contributed by atoms with Gasteiger partial charge >= 0.3 is 18.0 Å².